The van der Waals surface area contributed by atoms with Crippen LogP contribution in [0.5, 0.6) is 0 Å². The molecule has 3 heterocycles. The SMILES string of the molecule is CC1CC(CN)CN1C(=O)CN(C)c1ncnc2nc[nH]c12.Cl.Cl. The van der Waals surface area contributed by atoms with Gasteiger partial charge in [0.15, 0.2) is 11.5 Å². The fourth-order valence-electron chi connectivity index (χ4n) is 3.07. The highest BCUT2D eigenvalue weighted by Crippen LogP contribution is 2.23. The lowest BCUT2D eigenvalue weighted by atomic mass is 10.1. The molecule has 1 amide bonds. The number of H-pyrrole nitrogens is 1. The predicted octanol–water partition coefficient (Wildman–Crippen LogP) is 0.828. The Morgan fingerprint density at radius 2 is 2.17 bits per heavy atom. The minimum absolute atomic E-state index is 0. The summed E-state index contributed by atoms with van der Waals surface area (Å²) >= 11 is 0. The average Bonchev–Trinajstić information content (AvgIpc) is 3.12. The van der Waals surface area contributed by atoms with Crippen molar-refractivity contribution in [3.63, 3.8) is 0 Å². The van der Waals surface area contributed by atoms with Gasteiger partial charge in [0.1, 0.15) is 11.8 Å². The second kappa shape index (κ2) is 8.46. The second-order valence-corrected chi connectivity index (χ2v) is 5.89. The van der Waals surface area contributed by atoms with Gasteiger partial charge in [-0.15, -0.1) is 24.8 Å². The molecule has 10 heteroatoms. The van der Waals surface area contributed by atoms with Gasteiger partial charge in [0.05, 0.1) is 12.9 Å². The molecular formula is C14H23Cl2N7O. The van der Waals surface area contributed by atoms with Crippen LogP contribution in [0.4, 0.5) is 5.82 Å². The Kier molecular flexibility index (Phi) is 7.19. The number of nitrogens with one attached hydrogen (secondary N) is 1. The van der Waals surface area contributed by atoms with E-state index in [1.54, 1.807) is 6.33 Å². The standard InChI is InChI=1S/C14H21N7O.2ClH/c1-9-3-10(4-15)5-21(9)11(22)6-20(2)14-12-13(17-7-16-12)18-8-19-14;;/h7-10H,3-6,15H2,1-2H3,(H,16,17,18,19);2*1H. The van der Waals surface area contributed by atoms with Crippen LogP contribution >= 0.6 is 24.8 Å². The molecule has 2 aromatic heterocycles. The molecule has 2 unspecified atom stereocenters. The van der Waals surface area contributed by atoms with Crippen molar-refractivity contribution < 1.29 is 4.79 Å². The van der Waals surface area contributed by atoms with Crippen molar-refractivity contribution in [1.29, 1.82) is 0 Å². The van der Waals surface area contributed by atoms with Gasteiger partial charge in [-0.1, -0.05) is 0 Å². The summed E-state index contributed by atoms with van der Waals surface area (Å²) in [6, 6.07) is 0.243. The maximum Gasteiger partial charge on any atom is 0.242 e. The first-order valence-electron chi connectivity index (χ1n) is 7.45. The van der Waals surface area contributed by atoms with Crippen LogP contribution in [0.1, 0.15) is 13.3 Å². The van der Waals surface area contributed by atoms with E-state index in [0.29, 0.717) is 23.9 Å². The zero-order valence-corrected chi connectivity index (χ0v) is 15.3. The van der Waals surface area contributed by atoms with Gasteiger partial charge in [0.25, 0.3) is 0 Å². The number of likely N-dealkylation sites (N-methyl/N-ethyl adjacent to an activating group) is 1. The summed E-state index contributed by atoms with van der Waals surface area (Å²) < 4.78 is 0. The molecule has 1 fully saturated rings. The van der Waals surface area contributed by atoms with E-state index < -0.39 is 0 Å². The highest BCUT2D eigenvalue weighted by Gasteiger charge is 2.32. The number of nitrogens with zero attached hydrogens (tertiary/aromatic N) is 5. The molecule has 0 aromatic carbocycles. The molecule has 0 bridgehead atoms. The number of rotatable bonds is 4. The first-order chi connectivity index (χ1) is 10.6. The zero-order valence-electron chi connectivity index (χ0n) is 13.7. The number of nitrogens with two attached hydrogens (primary N) is 1. The number of halogens is 2. The van der Waals surface area contributed by atoms with Crippen molar-refractivity contribution in [2.24, 2.45) is 11.7 Å². The van der Waals surface area contributed by atoms with Crippen LogP contribution in [0, 0.1) is 5.92 Å². The van der Waals surface area contributed by atoms with Crippen molar-refractivity contribution in [3.05, 3.63) is 12.7 Å². The number of imidazole rings is 1. The number of hydrogen-bond acceptors (Lipinski definition) is 6. The fourth-order valence-corrected chi connectivity index (χ4v) is 3.07. The lowest BCUT2D eigenvalue weighted by Gasteiger charge is -2.25. The number of aromatic amines is 1. The van der Waals surface area contributed by atoms with Gasteiger partial charge >= 0.3 is 0 Å². The number of carbonyl (C=O) groups excluding carboxylic acids is 1. The number of hydrogen-bond donors (Lipinski definition) is 2. The van der Waals surface area contributed by atoms with Gasteiger partial charge in [-0.2, -0.15) is 0 Å². The van der Waals surface area contributed by atoms with E-state index in [-0.39, 0.29) is 43.3 Å². The van der Waals surface area contributed by atoms with E-state index in [0.717, 1.165) is 18.5 Å². The summed E-state index contributed by atoms with van der Waals surface area (Å²) in [6.07, 6.45) is 4.01. The van der Waals surface area contributed by atoms with Crippen LogP contribution < -0.4 is 10.6 Å². The normalized spacial score (nSPS) is 19.7. The van der Waals surface area contributed by atoms with Gasteiger partial charge in [0.2, 0.25) is 5.91 Å². The molecule has 134 valence electrons. The molecule has 2 atom stereocenters. The van der Waals surface area contributed by atoms with E-state index in [2.05, 4.69) is 26.9 Å². The molecule has 1 aliphatic rings. The topological polar surface area (TPSA) is 104 Å². The smallest absolute Gasteiger partial charge is 0.242 e. The number of fused-ring (bicyclic) bond motifs is 1. The first-order valence-corrected chi connectivity index (χ1v) is 7.45. The fraction of sp³-hybridized carbons (Fsp3) is 0.571. The molecule has 0 aliphatic carbocycles. The van der Waals surface area contributed by atoms with E-state index in [4.69, 9.17) is 5.73 Å². The van der Waals surface area contributed by atoms with Crippen LogP contribution in [-0.4, -0.2) is 63.5 Å². The molecule has 1 saturated heterocycles. The monoisotopic (exact) mass is 375 g/mol. The van der Waals surface area contributed by atoms with Crippen LogP contribution in [0.25, 0.3) is 11.2 Å². The molecular weight excluding hydrogens is 353 g/mol. The van der Waals surface area contributed by atoms with Crippen molar-refractivity contribution in [2.75, 3.05) is 31.6 Å². The Morgan fingerprint density at radius 3 is 2.83 bits per heavy atom. The number of amides is 1. The van der Waals surface area contributed by atoms with Gasteiger partial charge < -0.3 is 20.5 Å². The summed E-state index contributed by atoms with van der Waals surface area (Å²) in [5, 5.41) is 0. The van der Waals surface area contributed by atoms with Gasteiger partial charge in [0, 0.05) is 19.6 Å². The highest BCUT2D eigenvalue weighted by atomic mass is 35.5. The van der Waals surface area contributed by atoms with E-state index in [1.165, 1.54) is 6.33 Å². The third-order valence-corrected chi connectivity index (χ3v) is 4.25. The molecule has 8 nitrogen and oxygen atoms in total. The Bertz CT molecular complexity index is 680. The maximum absolute atomic E-state index is 12.5. The number of likely N-dealkylation sites (tertiary alicyclic amines) is 1. The summed E-state index contributed by atoms with van der Waals surface area (Å²) in [5.41, 5.74) is 7.07. The predicted molar refractivity (Wildman–Crippen MR) is 97.8 cm³/mol. The third-order valence-electron chi connectivity index (χ3n) is 4.25. The minimum atomic E-state index is 0. The van der Waals surface area contributed by atoms with Crippen LogP contribution in [0.15, 0.2) is 12.7 Å². The van der Waals surface area contributed by atoms with Crippen molar-refractivity contribution in [1.82, 2.24) is 24.8 Å². The molecule has 24 heavy (non-hydrogen) atoms. The van der Waals surface area contributed by atoms with Crippen molar-refractivity contribution in [2.45, 2.75) is 19.4 Å². The summed E-state index contributed by atoms with van der Waals surface area (Å²) in [7, 11) is 1.85. The highest BCUT2D eigenvalue weighted by molar-refractivity contribution is 5.87. The molecule has 0 spiro atoms. The van der Waals surface area contributed by atoms with E-state index in [9.17, 15) is 4.79 Å². The number of carbonyl (C=O) groups is 1. The summed E-state index contributed by atoms with van der Waals surface area (Å²) in [6.45, 7) is 3.72. The van der Waals surface area contributed by atoms with Crippen LogP contribution in [0.2, 0.25) is 0 Å². The molecule has 3 N–H and O–H groups in total. The lowest BCUT2D eigenvalue weighted by molar-refractivity contribution is -0.130. The number of aromatic nitrogens is 4. The van der Waals surface area contributed by atoms with Gasteiger partial charge in [-0.05, 0) is 25.8 Å². The Hall–Kier alpha value is -1.64. The Balaban J connectivity index is 0.00000144. The van der Waals surface area contributed by atoms with Gasteiger partial charge in [-0.3, -0.25) is 4.79 Å². The lowest BCUT2D eigenvalue weighted by Crippen LogP contribution is -2.41. The number of anilines is 1. The van der Waals surface area contributed by atoms with E-state index in [1.807, 2.05) is 16.8 Å². The van der Waals surface area contributed by atoms with Gasteiger partial charge in [-0.25, -0.2) is 15.0 Å². The molecule has 1 aliphatic heterocycles. The van der Waals surface area contributed by atoms with Crippen LogP contribution in [-0.2, 0) is 4.79 Å². The van der Waals surface area contributed by atoms with Crippen molar-refractivity contribution in [3.8, 4) is 0 Å². The molecule has 2 aromatic rings. The first kappa shape index (κ1) is 20.4. The summed E-state index contributed by atoms with van der Waals surface area (Å²) in [5.74, 6) is 1.18. The quantitative estimate of drug-likeness (QED) is 0.819. The minimum Gasteiger partial charge on any atom is -0.348 e. The molecule has 3 rings (SSSR count). The average molecular weight is 376 g/mol. The largest absolute Gasteiger partial charge is 0.348 e. The van der Waals surface area contributed by atoms with Crippen LogP contribution in [0.3, 0.4) is 0 Å². The third kappa shape index (κ3) is 3.88. The Labute approximate surface area is 153 Å². The second-order valence-electron chi connectivity index (χ2n) is 5.89. The molecule has 0 radical (unpaired) electrons. The zero-order chi connectivity index (χ0) is 15.7. The maximum atomic E-state index is 12.5. The van der Waals surface area contributed by atoms with E-state index >= 15 is 0 Å². The Morgan fingerprint density at radius 1 is 1.42 bits per heavy atom. The van der Waals surface area contributed by atoms with Crippen molar-refractivity contribution >= 4 is 47.7 Å². The molecule has 0 saturated carbocycles. The summed E-state index contributed by atoms with van der Waals surface area (Å²) in [4.78, 5) is 31.8.